The maximum Gasteiger partial charge on any atom is 0.0968 e. The van der Waals surface area contributed by atoms with Crippen molar-refractivity contribution < 1.29 is 0 Å². The molecule has 0 saturated heterocycles. The molecular formula is C17H19N3. The van der Waals surface area contributed by atoms with Crippen molar-refractivity contribution in [2.75, 3.05) is 11.9 Å². The standard InChI is InChI=1S/C17H19N3/c1-12-8-10-14(11-9-12)17(19)15-6-4-5-7-16(15)20(3)13(2)18/h4-11,18-19H,1-3H3. The van der Waals surface area contributed by atoms with Gasteiger partial charge < -0.3 is 4.90 Å². The lowest BCUT2D eigenvalue weighted by Crippen LogP contribution is -2.24. The van der Waals surface area contributed by atoms with Gasteiger partial charge in [0.25, 0.3) is 0 Å². The molecule has 2 aromatic carbocycles. The maximum absolute atomic E-state index is 8.42. The van der Waals surface area contributed by atoms with Crippen LogP contribution in [-0.2, 0) is 0 Å². The number of benzene rings is 2. The summed E-state index contributed by atoms with van der Waals surface area (Å²) in [4.78, 5) is 1.79. The fourth-order valence-electron chi connectivity index (χ4n) is 2.03. The Morgan fingerprint density at radius 3 is 2.15 bits per heavy atom. The molecule has 0 heterocycles. The highest BCUT2D eigenvalue weighted by molar-refractivity contribution is 6.15. The molecule has 0 amide bonds. The summed E-state index contributed by atoms with van der Waals surface area (Å²) in [6.45, 7) is 3.78. The van der Waals surface area contributed by atoms with E-state index in [1.807, 2.05) is 62.5 Å². The van der Waals surface area contributed by atoms with E-state index in [2.05, 4.69) is 0 Å². The molecule has 3 nitrogen and oxygen atoms in total. The summed E-state index contributed by atoms with van der Waals surface area (Å²) in [7, 11) is 1.85. The van der Waals surface area contributed by atoms with Crippen LogP contribution in [0.5, 0.6) is 0 Å². The number of nitrogens with zero attached hydrogens (tertiary/aromatic N) is 1. The number of aryl methyl sites for hydroxylation is 1. The Hall–Kier alpha value is -2.42. The maximum atomic E-state index is 8.42. The zero-order chi connectivity index (χ0) is 14.7. The van der Waals surface area contributed by atoms with E-state index in [0.29, 0.717) is 11.5 Å². The Morgan fingerprint density at radius 1 is 0.950 bits per heavy atom. The summed E-state index contributed by atoms with van der Waals surface area (Å²) >= 11 is 0. The van der Waals surface area contributed by atoms with Gasteiger partial charge in [0.1, 0.15) is 0 Å². The van der Waals surface area contributed by atoms with Crippen molar-refractivity contribution in [3.05, 3.63) is 65.2 Å². The Kier molecular flexibility index (Phi) is 3.99. The zero-order valence-electron chi connectivity index (χ0n) is 12.1. The van der Waals surface area contributed by atoms with E-state index >= 15 is 0 Å². The highest BCUT2D eigenvalue weighted by atomic mass is 15.1. The molecule has 2 N–H and O–H groups in total. The Labute approximate surface area is 119 Å². The van der Waals surface area contributed by atoms with Gasteiger partial charge in [-0.05, 0) is 19.9 Å². The molecule has 0 unspecified atom stereocenters. The van der Waals surface area contributed by atoms with Gasteiger partial charge in [-0.2, -0.15) is 0 Å². The van der Waals surface area contributed by atoms with Crippen molar-refractivity contribution in [2.24, 2.45) is 0 Å². The second kappa shape index (κ2) is 5.70. The number of hydrogen-bond acceptors (Lipinski definition) is 2. The third kappa shape index (κ3) is 2.77. The molecule has 2 rings (SSSR count). The van der Waals surface area contributed by atoms with Crippen molar-refractivity contribution >= 4 is 17.2 Å². The quantitative estimate of drug-likeness (QED) is 0.643. The van der Waals surface area contributed by atoms with E-state index < -0.39 is 0 Å². The SMILES string of the molecule is CC(=N)N(C)c1ccccc1C(=N)c1ccc(C)cc1. The number of hydrogen-bond donors (Lipinski definition) is 2. The molecule has 102 valence electrons. The molecule has 0 saturated carbocycles. The Bertz CT molecular complexity index is 642. The molecule has 0 spiro atoms. The van der Waals surface area contributed by atoms with Crippen LogP contribution in [0.3, 0.4) is 0 Å². The smallest absolute Gasteiger partial charge is 0.0968 e. The number of para-hydroxylation sites is 1. The number of anilines is 1. The summed E-state index contributed by atoms with van der Waals surface area (Å²) < 4.78 is 0. The minimum atomic E-state index is 0.453. The van der Waals surface area contributed by atoms with Crippen LogP contribution in [0.1, 0.15) is 23.6 Å². The fraction of sp³-hybridized carbons (Fsp3) is 0.176. The molecule has 0 atom stereocenters. The second-order valence-corrected chi connectivity index (χ2v) is 4.90. The van der Waals surface area contributed by atoms with Gasteiger partial charge in [0.05, 0.1) is 17.2 Å². The first-order valence-electron chi connectivity index (χ1n) is 6.54. The average molecular weight is 265 g/mol. The molecule has 0 aliphatic heterocycles. The van der Waals surface area contributed by atoms with E-state index in [1.54, 1.807) is 11.8 Å². The lowest BCUT2D eigenvalue weighted by Gasteiger charge is -2.21. The minimum Gasteiger partial charge on any atom is -0.333 e. The van der Waals surface area contributed by atoms with Crippen LogP contribution in [0.2, 0.25) is 0 Å². The van der Waals surface area contributed by atoms with Gasteiger partial charge in [0.2, 0.25) is 0 Å². The molecule has 0 aliphatic carbocycles. The van der Waals surface area contributed by atoms with Crippen LogP contribution in [0.15, 0.2) is 48.5 Å². The van der Waals surface area contributed by atoms with Gasteiger partial charge in [0, 0.05) is 18.2 Å². The lowest BCUT2D eigenvalue weighted by atomic mass is 9.99. The van der Waals surface area contributed by atoms with E-state index in [9.17, 15) is 0 Å². The lowest BCUT2D eigenvalue weighted by molar-refractivity contribution is 1.21. The fourth-order valence-corrected chi connectivity index (χ4v) is 2.03. The summed E-state index contributed by atoms with van der Waals surface area (Å²) in [5.41, 5.74) is 4.27. The first-order valence-corrected chi connectivity index (χ1v) is 6.54. The molecule has 2 aromatic rings. The molecule has 0 fully saturated rings. The summed E-state index contributed by atoms with van der Waals surface area (Å²) in [6.07, 6.45) is 0. The summed E-state index contributed by atoms with van der Waals surface area (Å²) in [5, 5.41) is 16.2. The van der Waals surface area contributed by atoms with Gasteiger partial charge in [0.15, 0.2) is 0 Å². The number of rotatable bonds is 3. The van der Waals surface area contributed by atoms with Crippen molar-refractivity contribution in [3.63, 3.8) is 0 Å². The van der Waals surface area contributed by atoms with Gasteiger partial charge in [-0.25, -0.2) is 0 Å². The second-order valence-electron chi connectivity index (χ2n) is 4.90. The monoisotopic (exact) mass is 265 g/mol. The molecule has 0 bridgehead atoms. The Balaban J connectivity index is 2.45. The molecular weight excluding hydrogens is 246 g/mol. The highest BCUT2D eigenvalue weighted by Gasteiger charge is 2.13. The molecule has 0 aromatic heterocycles. The van der Waals surface area contributed by atoms with Gasteiger partial charge >= 0.3 is 0 Å². The largest absolute Gasteiger partial charge is 0.333 e. The summed E-state index contributed by atoms with van der Waals surface area (Å²) in [6, 6.07) is 15.7. The number of nitrogens with one attached hydrogen (secondary N) is 2. The predicted octanol–water partition coefficient (Wildman–Crippen LogP) is 3.84. The van der Waals surface area contributed by atoms with Gasteiger partial charge in [-0.3, -0.25) is 10.8 Å². The third-order valence-electron chi connectivity index (χ3n) is 3.38. The van der Waals surface area contributed by atoms with Gasteiger partial charge in [-0.15, -0.1) is 0 Å². The van der Waals surface area contributed by atoms with Crippen LogP contribution in [-0.4, -0.2) is 18.6 Å². The average Bonchev–Trinajstić information content (AvgIpc) is 2.46. The van der Waals surface area contributed by atoms with E-state index in [1.165, 1.54) is 5.56 Å². The third-order valence-corrected chi connectivity index (χ3v) is 3.38. The Morgan fingerprint density at radius 2 is 1.55 bits per heavy atom. The van der Waals surface area contributed by atoms with E-state index in [-0.39, 0.29) is 0 Å². The van der Waals surface area contributed by atoms with Crippen LogP contribution in [0.4, 0.5) is 5.69 Å². The zero-order valence-corrected chi connectivity index (χ0v) is 12.1. The van der Waals surface area contributed by atoms with Gasteiger partial charge in [-0.1, -0.05) is 48.0 Å². The van der Waals surface area contributed by atoms with Crippen LogP contribution in [0.25, 0.3) is 0 Å². The predicted molar refractivity (Wildman–Crippen MR) is 85.4 cm³/mol. The van der Waals surface area contributed by atoms with Crippen LogP contribution >= 0.6 is 0 Å². The van der Waals surface area contributed by atoms with E-state index in [0.717, 1.165) is 16.8 Å². The van der Waals surface area contributed by atoms with Crippen LogP contribution < -0.4 is 4.90 Å². The van der Waals surface area contributed by atoms with Crippen LogP contribution in [0, 0.1) is 17.7 Å². The highest BCUT2D eigenvalue weighted by Crippen LogP contribution is 2.22. The number of amidine groups is 1. The van der Waals surface area contributed by atoms with Crippen molar-refractivity contribution in [2.45, 2.75) is 13.8 Å². The van der Waals surface area contributed by atoms with Crippen molar-refractivity contribution in [3.8, 4) is 0 Å². The molecule has 0 radical (unpaired) electrons. The first kappa shape index (κ1) is 14.0. The molecule has 20 heavy (non-hydrogen) atoms. The molecule has 3 heteroatoms. The minimum absolute atomic E-state index is 0.453. The normalized spacial score (nSPS) is 10.2. The molecule has 0 aliphatic rings. The first-order chi connectivity index (χ1) is 9.50. The van der Waals surface area contributed by atoms with E-state index in [4.69, 9.17) is 10.8 Å². The summed E-state index contributed by atoms with van der Waals surface area (Å²) in [5.74, 6) is 0.453. The van der Waals surface area contributed by atoms with Crippen molar-refractivity contribution in [1.82, 2.24) is 0 Å². The van der Waals surface area contributed by atoms with Crippen molar-refractivity contribution in [1.29, 1.82) is 10.8 Å². The topological polar surface area (TPSA) is 50.9 Å².